The van der Waals surface area contributed by atoms with Crippen LogP contribution in [0.15, 0.2) is 28.8 Å². The van der Waals surface area contributed by atoms with E-state index in [9.17, 15) is 4.79 Å². The fourth-order valence-corrected chi connectivity index (χ4v) is 1.67. The van der Waals surface area contributed by atoms with Crippen LogP contribution >= 0.6 is 0 Å². The molecule has 6 nitrogen and oxygen atoms in total. The van der Waals surface area contributed by atoms with Crippen molar-refractivity contribution in [1.82, 2.24) is 15.5 Å². The third-order valence-corrected chi connectivity index (χ3v) is 2.78. The summed E-state index contributed by atoms with van der Waals surface area (Å²) in [6, 6.07) is 7.44. The molecular weight excluding hydrogens is 258 g/mol. The van der Waals surface area contributed by atoms with Gasteiger partial charge in [-0.15, -0.1) is 0 Å². The number of aromatic nitrogens is 2. The van der Waals surface area contributed by atoms with Crippen LogP contribution in [0.5, 0.6) is 5.75 Å². The van der Waals surface area contributed by atoms with Crippen LogP contribution in [0, 0.1) is 0 Å². The van der Waals surface area contributed by atoms with Gasteiger partial charge in [0, 0.05) is 24.9 Å². The van der Waals surface area contributed by atoms with Crippen LogP contribution in [0.25, 0.3) is 11.4 Å². The lowest BCUT2D eigenvalue weighted by Crippen LogP contribution is -2.24. The van der Waals surface area contributed by atoms with Crippen LogP contribution in [0.4, 0.5) is 0 Å². The first-order chi connectivity index (χ1) is 9.72. The van der Waals surface area contributed by atoms with E-state index in [1.807, 2.05) is 31.2 Å². The van der Waals surface area contributed by atoms with Gasteiger partial charge >= 0.3 is 0 Å². The van der Waals surface area contributed by atoms with Crippen molar-refractivity contribution in [2.75, 3.05) is 13.7 Å². The Morgan fingerprint density at radius 2 is 2.30 bits per heavy atom. The Bertz CT molecular complexity index is 581. The third kappa shape index (κ3) is 3.57. The zero-order valence-corrected chi connectivity index (χ0v) is 11.5. The van der Waals surface area contributed by atoms with Crippen LogP contribution in [-0.2, 0) is 11.2 Å². The van der Waals surface area contributed by atoms with Gasteiger partial charge in [0.15, 0.2) is 0 Å². The standard InChI is InChI=1S/C14H17N3O3/c1-3-12(18)15-8-7-13-16-14(17-20-13)10-5-4-6-11(9-10)19-2/h4-6,9H,3,7-8H2,1-2H3,(H,15,18). The minimum absolute atomic E-state index is 0.0116. The molecule has 1 amide bonds. The van der Waals surface area contributed by atoms with E-state index in [-0.39, 0.29) is 5.91 Å². The molecule has 1 N–H and O–H groups in total. The lowest BCUT2D eigenvalue weighted by molar-refractivity contribution is -0.120. The van der Waals surface area contributed by atoms with E-state index in [1.165, 1.54) is 0 Å². The Morgan fingerprint density at radius 3 is 3.05 bits per heavy atom. The van der Waals surface area contributed by atoms with Gasteiger partial charge in [-0.1, -0.05) is 24.2 Å². The average Bonchev–Trinajstić information content (AvgIpc) is 2.96. The summed E-state index contributed by atoms with van der Waals surface area (Å²) in [5.41, 5.74) is 0.831. The van der Waals surface area contributed by atoms with Gasteiger partial charge in [-0.3, -0.25) is 4.79 Å². The molecule has 2 aromatic rings. The maximum absolute atomic E-state index is 11.1. The number of ether oxygens (including phenoxy) is 1. The number of hydrogen-bond donors (Lipinski definition) is 1. The quantitative estimate of drug-likeness (QED) is 0.870. The van der Waals surface area contributed by atoms with Crippen molar-refractivity contribution < 1.29 is 14.1 Å². The summed E-state index contributed by atoms with van der Waals surface area (Å²) in [5.74, 6) is 1.77. The van der Waals surface area contributed by atoms with E-state index in [1.54, 1.807) is 7.11 Å². The van der Waals surface area contributed by atoms with Crippen molar-refractivity contribution in [3.05, 3.63) is 30.2 Å². The summed E-state index contributed by atoms with van der Waals surface area (Å²) in [5, 5.41) is 6.69. The average molecular weight is 275 g/mol. The normalized spacial score (nSPS) is 10.3. The molecular formula is C14H17N3O3. The number of carbonyl (C=O) groups excluding carboxylic acids is 1. The first-order valence-electron chi connectivity index (χ1n) is 6.46. The molecule has 6 heteroatoms. The van der Waals surface area contributed by atoms with Crippen LogP contribution in [0.2, 0.25) is 0 Å². The summed E-state index contributed by atoms with van der Waals surface area (Å²) < 4.78 is 10.3. The van der Waals surface area contributed by atoms with Crippen LogP contribution in [-0.4, -0.2) is 29.7 Å². The fraction of sp³-hybridized carbons (Fsp3) is 0.357. The maximum Gasteiger partial charge on any atom is 0.228 e. The van der Waals surface area contributed by atoms with Gasteiger partial charge in [-0.25, -0.2) is 0 Å². The van der Waals surface area contributed by atoms with Gasteiger partial charge < -0.3 is 14.6 Å². The van der Waals surface area contributed by atoms with Crippen molar-refractivity contribution in [3.63, 3.8) is 0 Å². The van der Waals surface area contributed by atoms with Gasteiger partial charge in [0.05, 0.1) is 7.11 Å². The first-order valence-corrected chi connectivity index (χ1v) is 6.46. The van der Waals surface area contributed by atoms with E-state index in [4.69, 9.17) is 9.26 Å². The van der Waals surface area contributed by atoms with Crippen molar-refractivity contribution in [1.29, 1.82) is 0 Å². The highest BCUT2D eigenvalue weighted by atomic mass is 16.5. The van der Waals surface area contributed by atoms with Gasteiger partial charge in [-0.05, 0) is 12.1 Å². The van der Waals surface area contributed by atoms with Crippen LogP contribution < -0.4 is 10.1 Å². The smallest absolute Gasteiger partial charge is 0.228 e. The minimum atomic E-state index is 0.0116. The molecule has 0 saturated carbocycles. The molecule has 1 aromatic heterocycles. The highest BCUT2D eigenvalue weighted by Crippen LogP contribution is 2.21. The summed E-state index contributed by atoms with van der Waals surface area (Å²) >= 11 is 0. The van der Waals surface area contributed by atoms with E-state index in [0.29, 0.717) is 31.1 Å². The third-order valence-electron chi connectivity index (χ3n) is 2.78. The molecule has 106 valence electrons. The topological polar surface area (TPSA) is 77.2 Å². The Labute approximate surface area is 117 Å². The van der Waals surface area contributed by atoms with E-state index < -0.39 is 0 Å². The molecule has 20 heavy (non-hydrogen) atoms. The van der Waals surface area contributed by atoms with E-state index in [2.05, 4.69) is 15.5 Å². The number of methoxy groups -OCH3 is 1. The van der Waals surface area contributed by atoms with Crippen LogP contribution in [0.3, 0.4) is 0 Å². The molecule has 0 saturated heterocycles. The molecule has 0 fully saturated rings. The SMILES string of the molecule is CCC(=O)NCCc1nc(-c2cccc(OC)c2)no1. The van der Waals surface area contributed by atoms with Crippen molar-refractivity contribution in [3.8, 4) is 17.1 Å². The largest absolute Gasteiger partial charge is 0.497 e. The lowest BCUT2D eigenvalue weighted by Gasteiger charge is -2.00. The molecule has 0 bridgehead atoms. The molecule has 0 spiro atoms. The molecule has 0 aliphatic heterocycles. The number of hydrogen-bond acceptors (Lipinski definition) is 5. The molecule has 0 aliphatic carbocycles. The number of nitrogens with zero attached hydrogens (tertiary/aromatic N) is 2. The maximum atomic E-state index is 11.1. The van der Waals surface area contributed by atoms with Gasteiger partial charge in [0.1, 0.15) is 5.75 Å². The molecule has 1 heterocycles. The Hall–Kier alpha value is -2.37. The predicted molar refractivity (Wildman–Crippen MR) is 73.3 cm³/mol. The molecule has 0 unspecified atom stereocenters. The Balaban J connectivity index is 1.99. The lowest BCUT2D eigenvalue weighted by atomic mass is 10.2. The second kappa shape index (κ2) is 6.70. The van der Waals surface area contributed by atoms with E-state index in [0.717, 1.165) is 11.3 Å². The number of nitrogens with one attached hydrogen (secondary N) is 1. The number of rotatable bonds is 6. The minimum Gasteiger partial charge on any atom is -0.497 e. The summed E-state index contributed by atoms with van der Waals surface area (Å²) in [6.45, 7) is 2.30. The molecule has 1 aromatic carbocycles. The number of amides is 1. The summed E-state index contributed by atoms with van der Waals surface area (Å²) in [6.07, 6.45) is 0.988. The molecule has 0 atom stereocenters. The molecule has 0 radical (unpaired) electrons. The summed E-state index contributed by atoms with van der Waals surface area (Å²) in [4.78, 5) is 15.4. The predicted octanol–water partition coefficient (Wildman–Crippen LogP) is 1.81. The second-order valence-electron chi connectivity index (χ2n) is 4.20. The van der Waals surface area contributed by atoms with Crippen molar-refractivity contribution in [2.24, 2.45) is 0 Å². The number of benzene rings is 1. The zero-order valence-electron chi connectivity index (χ0n) is 11.5. The first kappa shape index (κ1) is 14.0. The molecule has 0 aliphatic rings. The Morgan fingerprint density at radius 1 is 1.45 bits per heavy atom. The zero-order chi connectivity index (χ0) is 14.4. The summed E-state index contributed by atoms with van der Waals surface area (Å²) in [7, 11) is 1.61. The monoisotopic (exact) mass is 275 g/mol. The van der Waals surface area contributed by atoms with Crippen molar-refractivity contribution >= 4 is 5.91 Å². The number of carbonyl (C=O) groups is 1. The van der Waals surface area contributed by atoms with Gasteiger partial charge in [0.25, 0.3) is 0 Å². The van der Waals surface area contributed by atoms with Crippen LogP contribution in [0.1, 0.15) is 19.2 Å². The van der Waals surface area contributed by atoms with Crippen molar-refractivity contribution in [2.45, 2.75) is 19.8 Å². The second-order valence-corrected chi connectivity index (χ2v) is 4.20. The van der Waals surface area contributed by atoms with Gasteiger partial charge in [0.2, 0.25) is 17.6 Å². The molecule has 2 rings (SSSR count). The highest BCUT2D eigenvalue weighted by molar-refractivity contribution is 5.75. The van der Waals surface area contributed by atoms with E-state index >= 15 is 0 Å². The van der Waals surface area contributed by atoms with Gasteiger partial charge in [-0.2, -0.15) is 4.98 Å². The Kier molecular flexibility index (Phi) is 4.70. The fourth-order valence-electron chi connectivity index (χ4n) is 1.67. The highest BCUT2D eigenvalue weighted by Gasteiger charge is 2.09.